The number of rotatable bonds is 4. The lowest BCUT2D eigenvalue weighted by molar-refractivity contribution is -0.117. The van der Waals surface area contributed by atoms with Gasteiger partial charge in [0.15, 0.2) is 0 Å². The normalized spacial score (nSPS) is 11.8. The van der Waals surface area contributed by atoms with E-state index < -0.39 is 0 Å². The third kappa shape index (κ3) is 2.64. The van der Waals surface area contributed by atoms with Gasteiger partial charge in [0.2, 0.25) is 0 Å². The molecular weight excluding hydrogens is 226 g/mol. The van der Waals surface area contributed by atoms with Crippen molar-refractivity contribution in [2.45, 2.75) is 19.4 Å². The summed E-state index contributed by atoms with van der Waals surface area (Å²) in [6.45, 7) is 1.58. The molecule has 0 amide bonds. The van der Waals surface area contributed by atoms with E-state index in [0.717, 1.165) is 5.56 Å². The molecule has 0 bridgehead atoms. The quantitative estimate of drug-likeness (QED) is 0.822. The Morgan fingerprint density at radius 2 is 2.17 bits per heavy atom. The Bertz CT molecular complexity index is 564. The van der Waals surface area contributed by atoms with Crippen molar-refractivity contribution in [1.82, 2.24) is 9.55 Å². The van der Waals surface area contributed by atoms with Crippen molar-refractivity contribution in [2.75, 3.05) is 0 Å². The zero-order valence-electron chi connectivity index (χ0n) is 10.1. The Morgan fingerprint density at radius 3 is 2.67 bits per heavy atom. The molecule has 0 spiro atoms. The minimum Gasteiger partial charge on any atom is -0.330 e. The van der Waals surface area contributed by atoms with Gasteiger partial charge in [-0.05, 0) is 24.6 Å². The van der Waals surface area contributed by atoms with Gasteiger partial charge in [-0.1, -0.05) is 12.1 Å². The first kappa shape index (κ1) is 12.1. The standard InChI is InChI=1S/C14H13N3O/c1-11(18)8-14(17-7-6-16-10-17)13-4-2-12(9-15)3-5-13/h2-7,10,14H,8H2,1H3. The lowest BCUT2D eigenvalue weighted by atomic mass is 10.0. The molecule has 1 aromatic heterocycles. The molecule has 0 saturated heterocycles. The summed E-state index contributed by atoms with van der Waals surface area (Å²) >= 11 is 0. The Balaban J connectivity index is 2.34. The number of imidazole rings is 1. The van der Waals surface area contributed by atoms with Gasteiger partial charge in [-0.3, -0.25) is 4.79 Å². The number of nitrogens with zero attached hydrogens (tertiary/aromatic N) is 3. The molecule has 1 aromatic carbocycles. The van der Waals surface area contributed by atoms with Crippen molar-refractivity contribution < 1.29 is 4.79 Å². The van der Waals surface area contributed by atoms with Crippen LogP contribution in [0.25, 0.3) is 0 Å². The van der Waals surface area contributed by atoms with E-state index >= 15 is 0 Å². The summed E-state index contributed by atoms with van der Waals surface area (Å²) in [4.78, 5) is 15.4. The molecule has 0 saturated carbocycles. The summed E-state index contributed by atoms with van der Waals surface area (Å²) in [6.07, 6.45) is 5.65. The molecule has 0 aliphatic carbocycles. The second kappa shape index (κ2) is 5.28. The van der Waals surface area contributed by atoms with Gasteiger partial charge in [-0.25, -0.2) is 4.98 Å². The predicted octanol–water partition coefficient (Wildman–Crippen LogP) is 2.32. The number of hydrogen-bond acceptors (Lipinski definition) is 3. The minimum absolute atomic E-state index is 0.0576. The van der Waals surface area contributed by atoms with Crippen molar-refractivity contribution >= 4 is 5.78 Å². The summed E-state index contributed by atoms with van der Waals surface area (Å²) in [5, 5.41) is 8.78. The fourth-order valence-electron chi connectivity index (χ4n) is 1.90. The van der Waals surface area contributed by atoms with Crippen molar-refractivity contribution in [3.05, 3.63) is 54.1 Å². The van der Waals surface area contributed by atoms with Crippen LogP contribution in [-0.4, -0.2) is 15.3 Å². The van der Waals surface area contributed by atoms with Gasteiger partial charge in [-0.15, -0.1) is 0 Å². The molecular formula is C14H13N3O. The van der Waals surface area contributed by atoms with Gasteiger partial charge in [-0.2, -0.15) is 5.26 Å². The molecule has 90 valence electrons. The summed E-state index contributed by atoms with van der Waals surface area (Å²) in [5.74, 6) is 0.123. The third-order valence-electron chi connectivity index (χ3n) is 2.79. The van der Waals surface area contributed by atoms with Gasteiger partial charge < -0.3 is 4.57 Å². The molecule has 4 nitrogen and oxygen atoms in total. The number of Topliss-reactive ketones (excluding diaryl/α,β-unsaturated/α-hetero) is 1. The van der Waals surface area contributed by atoms with Crippen molar-refractivity contribution in [3.8, 4) is 6.07 Å². The topological polar surface area (TPSA) is 58.7 Å². The van der Waals surface area contributed by atoms with Crippen LogP contribution in [0.3, 0.4) is 0 Å². The predicted molar refractivity (Wildman–Crippen MR) is 66.8 cm³/mol. The number of aromatic nitrogens is 2. The highest BCUT2D eigenvalue weighted by molar-refractivity contribution is 5.76. The molecule has 0 aliphatic rings. The first-order valence-corrected chi connectivity index (χ1v) is 5.67. The molecule has 1 unspecified atom stereocenters. The first-order chi connectivity index (χ1) is 8.70. The lowest BCUT2D eigenvalue weighted by Gasteiger charge is -2.17. The SMILES string of the molecule is CC(=O)CC(c1ccc(C#N)cc1)n1ccnc1. The maximum Gasteiger partial charge on any atom is 0.132 e. The van der Waals surface area contributed by atoms with E-state index in [1.807, 2.05) is 22.9 Å². The number of carbonyl (C=O) groups excluding carboxylic acids is 1. The fraction of sp³-hybridized carbons (Fsp3) is 0.214. The Hall–Kier alpha value is -2.41. The largest absolute Gasteiger partial charge is 0.330 e. The molecule has 2 aromatic rings. The van der Waals surface area contributed by atoms with Crippen LogP contribution in [0, 0.1) is 11.3 Å². The zero-order valence-corrected chi connectivity index (χ0v) is 10.1. The lowest BCUT2D eigenvalue weighted by Crippen LogP contribution is -2.12. The van der Waals surface area contributed by atoms with E-state index in [1.165, 1.54) is 0 Å². The molecule has 2 rings (SSSR count). The Kier molecular flexibility index (Phi) is 3.54. The third-order valence-corrected chi connectivity index (χ3v) is 2.79. The van der Waals surface area contributed by atoms with Crippen LogP contribution in [-0.2, 0) is 4.79 Å². The van der Waals surface area contributed by atoms with Gasteiger partial charge in [0.25, 0.3) is 0 Å². The average Bonchev–Trinajstić information content (AvgIpc) is 2.89. The molecule has 0 N–H and O–H groups in total. The van der Waals surface area contributed by atoms with E-state index in [1.54, 1.807) is 31.6 Å². The Morgan fingerprint density at radius 1 is 1.44 bits per heavy atom. The van der Waals surface area contributed by atoms with Crippen LogP contribution in [0.2, 0.25) is 0 Å². The number of ketones is 1. The van der Waals surface area contributed by atoms with E-state index in [9.17, 15) is 4.79 Å². The second-order valence-corrected chi connectivity index (χ2v) is 4.17. The molecule has 0 aliphatic heterocycles. The van der Waals surface area contributed by atoms with E-state index in [0.29, 0.717) is 12.0 Å². The van der Waals surface area contributed by atoms with Gasteiger partial charge in [0.05, 0.1) is 24.0 Å². The molecule has 4 heteroatoms. The Labute approximate surface area is 106 Å². The minimum atomic E-state index is -0.0576. The van der Waals surface area contributed by atoms with Gasteiger partial charge in [0, 0.05) is 18.8 Å². The van der Waals surface area contributed by atoms with Crippen molar-refractivity contribution in [2.24, 2.45) is 0 Å². The first-order valence-electron chi connectivity index (χ1n) is 5.67. The van der Waals surface area contributed by atoms with Crippen molar-refractivity contribution in [3.63, 3.8) is 0 Å². The van der Waals surface area contributed by atoms with Crippen LogP contribution >= 0.6 is 0 Å². The number of benzene rings is 1. The van der Waals surface area contributed by atoms with Gasteiger partial charge >= 0.3 is 0 Å². The molecule has 18 heavy (non-hydrogen) atoms. The van der Waals surface area contributed by atoms with E-state index in [2.05, 4.69) is 11.1 Å². The number of nitriles is 1. The van der Waals surface area contributed by atoms with Crippen LogP contribution in [0.5, 0.6) is 0 Å². The summed E-state index contributed by atoms with van der Waals surface area (Å²) in [5.41, 5.74) is 1.62. The van der Waals surface area contributed by atoms with E-state index in [-0.39, 0.29) is 11.8 Å². The molecule has 1 atom stereocenters. The maximum absolute atomic E-state index is 11.4. The number of carbonyl (C=O) groups is 1. The molecule has 0 radical (unpaired) electrons. The van der Waals surface area contributed by atoms with Gasteiger partial charge in [0.1, 0.15) is 5.78 Å². The zero-order chi connectivity index (χ0) is 13.0. The van der Waals surface area contributed by atoms with Crippen LogP contribution in [0.15, 0.2) is 43.0 Å². The highest BCUT2D eigenvalue weighted by Gasteiger charge is 2.15. The summed E-state index contributed by atoms with van der Waals surface area (Å²) in [7, 11) is 0. The van der Waals surface area contributed by atoms with Crippen LogP contribution in [0.4, 0.5) is 0 Å². The number of hydrogen-bond donors (Lipinski definition) is 0. The summed E-state index contributed by atoms with van der Waals surface area (Å²) < 4.78 is 1.91. The summed E-state index contributed by atoms with van der Waals surface area (Å²) in [6, 6.07) is 9.31. The molecule has 0 fully saturated rings. The highest BCUT2D eigenvalue weighted by Crippen LogP contribution is 2.22. The van der Waals surface area contributed by atoms with E-state index in [4.69, 9.17) is 5.26 Å². The average molecular weight is 239 g/mol. The molecule has 1 heterocycles. The monoisotopic (exact) mass is 239 g/mol. The van der Waals surface area contributed by atoms with Crippen LogP contribution in [0.1, 0.15) is 30.5 Å². The van der Waals surface area contributed by atoms with Crippen molar-refractivity contribution in [1.29, 1.82) is 5.26 Å². The highest BCUT2D eigenvalue weighted by atomic mass is 16.1. The maximum atomic E-state index is 11.4. The second-order valence-electron chi connectivity index (χ2n) is 4.17. The van der Waals surface area contributed by atoms with Crippen LogP contribution < -0.4 is 0 Å². The fourth-order valence-corrected chi connectivity index (χ4v) is 1.90. The smallest absolute Gasteiger partial charge is 0.132 e.